The van der Waals surface area contributed by atoms with E-state index in [9.17, 15) is 18.0 Å². The molecule has 0 unspecified atom stereocenters. The van der Waals surface area contributed by atoms with E-state index in [1.807, 2.05) is 65.1 Å². The molecule has 0 aromatic heterocycles. The Bertz CT molecular complexity index is 1460. The van der Waals surface area contributed by atoms with Crippen LogP contribution in [-0.4, -0.2) is 56.6 Å². The molecule has 0 bridgehead atoms. The van der Waals surface area contributed by atoms with Crippen molar-refractivity contribution in [1.29, 1.82) is 0 Å². The number of thioether (sulfide) groups is 1. The molecule has 0 aliphatic carbocycles. The number of hydrogen-bond acceptors (Lipinski definition) is 6. The molecule has 0 heterocycles. The number of sulfonamides is 1. The van der Waals surface area contributed by atoms with Gasteiger partial charge in [-0.3, -0.25) is 13.9 Å². The van der Waals surface area contributed by atoms with Gasteiger partial charge >= 0.3 is 0 Å². The lowest BCUT2D eigenvalue weighted by Crippen LogP contribution is -2.53. The van der Waals surface area contributed by atoms with Gasteiger partial charge in [-0.25, -0.2) is 8.42 Å². The first kappa shape index (κ1) is 34.0. The molecule has 0 radical (unpaired) electrons. The molecule has 0 saturated carbocycles. The standard InChI is InChI=1S/C33H43N3O5S2/c1-7-25(5)34-33(38)31(8-2)35(22-26-12-10-11-24(4)21-26)32(37)23-36(27-13-15-28(16-14-27)41-9-3)43(39,40)30-19-17-29(42-6)18-20-30/h10-21,25,31H,7-9,22-23H2,1-6H3,(H,34,38)/t25-,31+/m0/s1. The molecule has 3 aromatic carbocycles. The summed E-state index contributed by atoms with van der Waals surface area (Å²) in [6.07, 6.45) is 3.03. The number of carbonyl (C=O) groups is 2. The van der Waals surface area contributed by atoms with Crippen LogP contribution in [0.25, 0.3) is 0 Å². The van der Waals surface area contributed by atoms with E-state index in [0.29, 0.717) is 24.5 Å². The van der Waals surface area contributed by atoms with Crippen LogP contribution in [0, 0.1) is 6.92 Å². The summed E-state index contributed by atoms with van der Waals surface area (Å²) >= 11 is 1.51. The molecular formula is C33H43N3O5S2. The first-order valence-electron chi connectivity index (χ1n) is 14.6. The van der Waals surface area contributed by atoms with Crippen LogP contribution in [0.15, 0.2) is 82.6 Å². The number of nitrogens with one attached hydrogen (secondary N) is 1. The van der Waals surface area contributed by atoms with E-state index in [-0.39, 0.29) is 23.4 Å². The lowest BCUT2D eigenvalue weighted by atomic mass is 10.1. The van der Waals surface area contributed by atoms with E-state index in [0.717, 1.165) is 26.7 Å². The van der Waals surface area contributed by atoms with Crippen molar-refractivity contribution in [2.24, 2.45) is 0 Å². The lowest BCUT2D eigenvalue weighted by molar-refractivity contribution is -0.140. The van der Waals surface area contributed by atoms with Crippen LogP contribution < -0.4 is 14.4 Å². The second-order valence-electron chi connectivity index (χ2n) is 10.4. The number of nitrogens with zero attached hydrogens (tertiary/aromatic N) is 2. The van der Waals surface area contributed by atoms with E-state index in [1.54, 1.807) is 48.5 Å². The molecule has 232 valence electrons. The normalized spacial score (nSPS) is 12.7. The maximum absolute atomic E-state index is 14.2. The zero-order valence-electron chi connectivity index (χ0n) is 25.9. The number of aryl methyl sites for hydroxylation is 1. The van der Waals surface area contributed by atoms with Crippen LogP contribution in [0.1, 0.15) is 51.7 Å². The first-order chi connectivity index (χ1) is 20.5. The molecule has 2 atom stereocenters. The van der Waals surface area contributed by atoms with Gasteiger partial charge in [0.2, 0.25) is 11.8 Å². The highest BCUT2D eigenvalue weighted by Gasteiger charge is 2.34. The highest BCUT2D eigenvalue weighted by Crippen LogP contribution is 2.28. The second kappa shape index (κ2) is 15.8. The number of anilines is 1. The minimum Gasteiger partial charge on any atom is -0.494 e. The highest BCUT2D eigenvalue weighted by atomic mass is 32.2. The van der Waals surface area contributed by atoms with Crippen molar-refractivity contribution in [2.75, 3.05) is 23.7 Å². The Kier molecular flexibility index (Phi) is 12.5. The van der Waals surface area contributed by atoms with E-state index in [2.05, 4.69) is 5.32 Å². The van der Waals surface area contributed by atoms with E-state index < -0.39 is 28.5 Å². The Morgan fingerprint density at radius 1 is 0.953 bits per heavy atom. The Hall–Kier alpha value is -3.50. The molecular weight excluding hydrogens is 583 g/mol. The Morgan fingerprint density at radius 3 is 2.19 bits per heavy atom. The fourth-order valence-corrected chi connectivity index (χ4v) is 6.47. The monoisotopic (exact) mass is 625 g/mol. The van der Waals surface area contributed by atoms with Gasteiger partial charge in [-0.1, -0.05) is 43.7 Å². The SMILES string of the molecule is CCOc1ccc(N(CC(=O)N(Cc2cccc(C)c2)[C@H](CC)C(=O)N[C@@H](C)CC)S(=O)(=O)c2ccc(SC)cc2)cc1. The average Bonchev–Trinajstić information content (AvgIpc) is 3.00. The number of amides is 2. The summed E-state index contributed by atoms with van der Waals surface area (Å²) < 4.78 is 34.9. The summed E-state index contributed by atoms with van der Waals surface area (Å²) in [4.78, 5) is 30.2. The third kappa shape index (κ3) is 9.00. The van der Waals surface area contributed by atoms with Crippen molar-refractivity contribution in [3.8, 4) is 5.75 Å². The minimum atomic E-state index is -4.15. The largest absolute Gasteiger partial charge is 0.494 e. The van der Waals surface area contributed by atoms with Crippen molar-refractivity contribution in [1.82, 2.24) is 10.2 Å². The molecule has 0 fully saturated rings. The summed E-state index contributed by atoms with van der Waals surface area (Å²) in [7, 11) is -4.15. The maximum Gasteiger partial charge on any atom is 0.264 e. The Labute approximate surface area is 260 Å². The van der Waals surface area contributed by atoms with Crippen LogP contribution in [0.4, 0.5) is 5.69 Å². The summed E-state index contributed by atoms with van der Waals surface area (Å²) in [5, 5.41) is 3.00. The molecule has 3 rings (SSSR count). The molecule has 10 heteroatoms. The smallest absolute Gasteiger partial charge is 0.264 e. The Balaban J connectivity index is 2.07. The van der Waals surface area contributed by atoms with Crippen molar-refractivity contribution in [2.45, 2.75) is 75.9 Å². The maximum atomic E-state index is 14.2. The van der Waals surface area contributed by atoms with E-state index in [1.165, 1.54) is 16.7 Å². The molecule has 0 saturated heterocycles. The molecule has 2 amide bonds. The predicted molar refractivity (Wildman–Crippen MR) is 174 cm³/mol. The zero-order chi connectivity index (χ0) is 31.6. The van der Waals surface area contributed by atoms with Gasteiger partial charge < -0.3 is 15.0 Å². The zero-order valence-corrected chi connectivity index (χ0v) is 27.5. The van der Waals surface area contributed by atoms with E-state index >= 15 is 0 Å². The van der Waals surface area contributed by atoms with Crippen molar-refractivity contribution < 1.29 is 22.7 Å². The van der Waals surface area contributed by atoms with Gasteiger partial charge in [-0.05, 0) is 94.0 Å². The third-order valence-corrected chi connectivity index (χ3v) is 9.72. The molecule has 0 spiro atoms. The quantitative estimate of drug-likeness (QED) is 0.207. The molecule has 0 aliphatic rings. The summed E-state index contributed by atoms with van der Waals surface area (Å²) in [6, 6.07) is 20.1. The van der Waals surface area contributed by atoms with Crippen LogP contribution in [0.2, 0.25) is 0 Å². The van der Waals surface area contributed by atoms with Gasteiger partial charge in [-0.15, -0.1) is 11.8 Å². The molecule has 8 nitrogen and oxygen atoms in total. The van der Waals surface area contributed by atoms with Crippen molar-refractivity contribution in [3.05, 3.63) is 83.9 Å². The number of benzene rings is 3. The lowest BCUT2D eigenvalue weighted by Gasteiger charge is -2.33. The minimum absolute atomic E-state index is 0.0672. The van der Waals surface area contributed by atoms with Gasteiger partial charge in [0.05, 0.1) is 17.2 Å². The highest BCUT2D eigenvalue weighted by molar-refractivity contribution is 7.98. The van der Waals surface area contributed by atoms with Gasteiger partial charge in [0.1, 0.15) is 18.3 Å². The fourth-order valence-electron chi connectivity index (χ4n) is 4.65. The Morgan fingerprint density at radius 2 is 1.63 bits per heavy atom. The molecule has 0 aliphatic heterocycles. The van der Waals surface area contributed by atoms with Crippen LogP contribution in [-0.2, 0) is 26.2 Å². The van der Waals surface area contributed by atoms with Crippen LogP contribution in [0.3, 0.4) is 0 Å². The summed E-state index contributed by atoms with van der Waals surface area (Å²) in [6.45, 7) is 9.72. The molecule has 43 heavy (non-hydrogen) atoms. The van der Waals surface area contributed by atoms with Gasteiger partial charge in [0, 0.05) is 17.5 Å². The van der Waals surface area contributed by atoms with Gasteiger partial charge in [0.15, 0.2) is 0 Å². The van der Waals surface area contributed by atoms with Gasteiger partial charge in [-0.2, -0.15) is 0 Å². The number of hydrogen-bond donors (Lipinski definition) is 1. The summed E-state index contributed by atoms with van der Waals surface area (Å²) in [5.74, 6) is -0.153. The number of carbonyl (C=O) groups excluding carboxylic acids is 2. The number of rotatable bonds is 15. The van der Waals surface area contributed by atoms with Crippen LogP contribution in [0.5, 0.6) is 5.75 Å². The fraction of sp³-hybridized carbons (Fsp3) is 0.394. The average molecular weight is 626 g/mol. The van der Waals surface area contributed by atoms with E-state index in [4.69, 9.17) is 4.74 Å². The predicted octanol–water partition coefficient (Wildman–Crippen LogP) is 6.03. The first-order valence-corrected chi connectivity index (χ1v) is 17.2. The molecule has 3 aromatic rings. The van der Waals surface area contributed by atoms with Crippen molar-refractivity contribution in [3.63, 3.8) is 0 Å². The van der Waals surface area contributed by atoms with Crippen molar-refractivity contribution >= 4 is 39.3 Å². The second-order valence-corrected chi connectivity index (χ2v) is 13.1. The summed E-state index contributed by atoms with van der Waals surface area (Å²) in [5.41, 5.74) is 2.19. The third-order valence-electron chi connectivity index (χ3n) is 7.18. The van der Waals surface area contributed by atoms with Crippen LogP contribution >= 0.6 is 11.8 Å². The topological polar surface area (TPSA) is 96.0 Å². The number of ether oxygens (including phenoxy) is 1. The van der Waals surface area contributed by atoms with Gasteiger partial charge in [0.25, 0.3) is 10.0 Å². The molecule has 1 N–H and O–H groups in total.